The normalized spacial score (nSPS) is 15.9. The van der Waals surface area contributed by atoms with Crippen molar-refractivity contribution in [2.45, 2.75) is 84.5 Å². The average Bonchev–Trinajstić information content (AvgIpc) is 3.53. The molecule has 3 rings (SSSR count). The Bertz CT molecular complexity index is 1410. The van der Waals surface area contributed by atoms with E-state index >= 15 is 0 Å². The molecule has 1 aliphatic heterocycles. The van der Waals surface area contributed by atoms with E-state index in [0.29, 0.717) is 24.0 Å². The number of ketones is 2. The fraction of sp³-hybridized carbons (Fsp3) is 0.500. The van der Waals surface area contributed by atoms with Crippen LogP contribution in [0, 0.1) is 11.8 Å². The molecule has 0 aliphatic carbocycles. The highest BCUT2D eigenvalue weighted by Gasteiger charge is 2.44. The summed E-state index contributed by atoms with van der Waals surface area (Å²) in [5, 5.41) is 0. The molecule has 3 unspecified atom stereocenters. The van der Waals surface area contributed by atoms with Crippen molar-refractivity contribution < 1.29 is 47.7 Å². The molecular formula is C36H43Br2NO10. The second-order valence-corrected chi connectivity index (χ2v) is 14.8. The van der Waals surface area contributed by atoms with Gasteiger partial charge in [0, 0.05) is 39.5 Å². The van der Waals surface area contributed by atoms with E-state index in [1.807, 2.05) is 0 Å². The summed E-state index contributed by atoms with van der Waals surface area (Å²) in [5.74, 6) is -5.59. The zero-order chi connectivity index (χ0) is 36.5. The number of hydrogen-bond acceptors (Lipinski definition) is 10. The van der Waals surface area contributed by atoms with Crippen LogP contribution in [0.3, 0.4) is 0 Å². The Labute approximate surface area is 303 Å². The minimum Gasteiger partial charge on any atom is -0.465 e. The highest BCUT2D eigenvalue weighted by molar-refractivity contribution is 9.10. The van der Waals surface area contributed by atoms with Crippen LogP contribution < -0.4 is 0 Å². The van der Waals surface area contributed by atoms with Crippen molar-refractivity contribution in [1.82, 2.24) is 4.90 Å². The SMILES string of the molecule is CCOC(=O)C(CC(C)(C)OC(=O)C1CCCN1C(=O)OC(C)(C)CC(C(=O)OCC)C(=O)c1ccc(Br)cc1)C(=O)c1ccc(Br)cc1. The molecule has 0 radical (unpaired) electrons. The van der Waals surface area contributed by atoms with Crippen LogP contribution in [0.15, 0.2) is 57.5 Å². The molecule has 0 spiro atoms. The molecule has 0 aromatic heterocycles. The lowest BCUT2D eigenvalue weighted by molar-refractivity contribution is -0.165. The minimum atomic E-state index is -1.31. The molecule has 0 saturated carbocycles. The van der Waals surface area contributed by atoms with Gasteiger partial charge in [0.1, 0.15) is 29.1 Å². The number of likely N-dealkylation sites (tertiary alicyclic amines) is 1. The Balaban J connectivity index is 1.72. The molecule has 266 valence electrons. The molecule has 1 aliphatic rings. The lowest BCUT2D eigenvalue weighted by Gasteiger charge is -2.33. The third-order valence-electron chi connectivity index (χ3n) is 7.92. The van der Waals surface area contributed by atoms with Crippen LogP contribution in [-0.2, 0) is 33.3 Å². The first-order chi connectivity index (χ1) is 23.0. The van der Waals surface area contributed by atoms with Gasteiger partial charge in [-0.25, -0.2) is 9.59 Å². The maximum Gasteiger partial charge on any atom is 0.411 e. The summed E-state index contributed by atoms with van der Waals surface area (Å²) in [4.78, 5) is 80.8. The summed E-state index contributed by atoms with van der Waals surface area (Å²) in [6, 6.07) is 12.1. The van der Waals surface area contributed by atoms with E-state index < -0.39 is 64.6 Å². The second kappa shape index (κ2) is 17.4. The van der Waals surface area contributed by atoms with E-state index in [0.717, 1.165) is 8.95 Å². The summed E-state index contributed by atoms with van der Waals surface area (Å²) in [6.45, 7) is 9.95. The number of carbonyl (C=O) groups is 6. The maximum atomic E-state index is 13.5. The van der Waals surface area contributed by atoms with Crippen molar-refractivity contribution >= 4 is 67.4 Å². The predicted octanol–water partition coefficient (Wildman–Crippen LogP) is 7.12. The van der Waals surface area contributed by atoms with Gasteiger partial charge in [0.2, 0.25) is 0 Å². The monoisotopic (exact) mass is 807 g/mol. The molecule has 0 N–H and O–H groups in total. The number of carbonyl (C=O) groups excluding carboxylic acids is 6. The van der Waals surface area contributed by atoms with Crippen molar-refractivity contribution in [3.8, 4) is 0 Å². The lowest BCUT2D eigenvalue weighted by atomic mass is 9.87. The third kappa shape index (κ3) is 11.2. The zero-order valence-corrected chi connectivity index (χ0v) is 31.8. The Kier molecular flexibility index (Phi) is 14.1. The predicted molar refractivity (Wildman–Crippen MR) is 187 cm³/mol. The lowest BCUT2D eigenvalue weighted by Crippen LogP contribution is -2.47. The van der Waals surface area contributed by atoms with Gasteiger partial charge in [-0.05, 0) is 78.6 Å². The van der Waals surface area contributed by atoms with Crippen LogP contribution >= 0.6 is 31.9 Å². The first-order valence-electron chi connectivity index (χ1n) is 16.1. The van der Waals surface area contributed by atoms with Crippen LogP contribution in [0.5, 0.6) is 0 Å². The van der Waals surface area contributed by atoms with Crippen LogP contribution in [-0.4, -0.2) is 77.5 Å². The Morgan fingerprint density at radius 2 is 1.12 bits per heavy atom. The zero-order valence-electron chi connectivity index (χ0n) is 28.6. The van der Waals surface area contributed by atoms with Gasteiger partial charge in [0.15, 0.2) is 11.6 Å². The minimum absolute atomic E-state index is 0.0655. The van der Waals surface area contributed by atoms with Crippen LogP contribution in [0.25, 0.3) is 0 Å². The highest BCUT2D eigenvalue weighted by atomic mass is 79.9. The Hall–Kier alpha value is -3.58. The number of halogens is 2. The van der Waals surface area contributed by atoms with Gasteiger partial charge in [0.05, 0.1) is 13.2 Å². The molecule has 0 bridgehead atoms. The fourth-order valence-corrected chi connectivity index (χ4v) is 6.14. The molecule has 1 amide bonds. The largest absolute Gasteiger partial charge is 0.465 e. The number of nitrogens with zero attached hydrogens (tertiary/aromatic N) is 1. The van der Waals surface area contributed by atoms with E-state index in [1.54, 1.807) is 90.1 Å². The van der Waals surface area contributed by atoms with Gasteiger partial charge in [0.25, 0.3) is 0 Å². The quantitative estimate of drug-likeness (QED) is 0.0791. The number of hydrogen-bond donors (Lipinski definition) is 0. The van der Waals surface area contributed by atoms with Crippen molar-refractivity contribution in [3.63, 3.8) is 0 Å². The van der Waals surface area contributed by atoms with E-state index in [9.17, 15) is 28.8 Å². The molecule has 2 aromatic carbocycles. The summed E-state index contributed by atoms with van der Waals surface area (Å²) >= 11 is 6.66. The number of esters is 3. The van der Waals surface area contributed by atoms with E-state index in [2.05, 4.69) is 31.9 Å². The molecule has 3 atom stereocenters. The summed E-state index contributed by atoms with van der Waals surface area (Å²) in [6.07, 6.45) is -0.327. The third-order valence-corrected chi connectivity index (χ3v) is 8.98. The molecule has 1 fully saturated rings. The maximum absolute atomic E-state index is 13.5. The highest BCUT2D eigenvalue weighted by Crippen LogP contribution is 2.31. The van der Waals surface area contributed by atoms with Gasteiger partial charge in [-0.3, -0.25) is 24.1 Å². The number of rotatable bonds is 15. The Morgan fingerprint density at radius 1 is 0.714 bits per heavy atom. The van der Waals surface area contributed by atoms with Crippen molar-refractivity contribution in [3.05, 3.63) is 68.6 Å². The molecule has 1 saturated heterocycles. The molecule has 13 heteroatoms. The number of benzene rings is 2. The standard InChI is InChI=1S/C36H43Br2NO10/c1-7-46-31(42)26(29(40)22-11-15-24(37)16-12-22)20-35(3,4)48-33(44)28-10-9-19-39(28)34(45)49-36(5,6)21-27(32(43)47-8-2)30(41)23-13-17-25(38)18-14-23/h11-18,26-28H,7-10,19-21H2,1-6H3. The molecule has 49 heavy (non-hydrogen) atoms. The Morgan fingerprint density at radius 3 is 1.53 bits per heavy atom. The summed E-state index contributed by atoms with van der Waals surface area (Å²) < 4.78 is 23.6. The molecular weight excluding hydrogens is 766 g/mol. The molecule has 1 heterocycles. The van der Waals surface area contributed by atoms with Gasteiger partial charge in [-0.1, -0.05) is 56.1 Å². The van der Waals surface area contributed by atoms with Crippen LogP contribution in [0.4, 0.5) is 4.79 Å². The summed E-state index contributed by atoms with van der Waals surface area (Å²) in [7, 11) is 0. The molecule has 11 nitrogen and oxygen atoms in total. The van der Waals surface area contributed by atoms with Crippen molar-refractivity contribution in [2.75, 3.05) is 19.8 Å². The van der Waals surface area contributed by atoms with Crippen LogP contribution in [0.2, 0.25) is 0 Å². The first-order valence-corrected chi connectivity index (χ1v) is 17.7. The van der Waals surface area contributed by atoms with E-state index in [1.165, 1.54) is 4.90 Å². The van der Waals surface area contributed by atoms with Crippen molar-refractivity contribution in [2.24, 2.45) is 11.8 Å². The van der Waals surface area contributed by atoms with E-state index in [-0.39, 0.29) is 32.6 Å². The number of amides is 1. The topological polar surface area (TPSA) is 143 Å². The molecule has 2 aromatic rings. The van der Waals surface area contributed by atoms with E-state index in [4.69, 9.17) is 18.9 Å². The number of Topliss-reactive ketones (excluding diaryl/α,β-unsaturated/α-hetero) is 2. The van der Waals surface area contributed by atoms with Gasteiger partial charge < -0.3 is 18.9 Å². The average molecular weight is 810 g/mol. The van der Waals surface area contributed by atoms with Crippen molar-refractivity contribution in [1.29, 1.82) is 0 Å². The van der Waals surface area contributed by atoms with Gasteiger partial charge in [-0.15, -0.1) is 0 Å². The number of ether oxygens (including phenoxy) is 4. The summed E-state index contributed by atoms with van der Waals surface area (Å²) in [5.41, 5.74) is -2.00. The fourth-order valence-electron chi connectivity index (χ4n) is 5.61. The van der Waals surface area contributed by atoms with Gasteiger partial charge in [-0.2, -0.15) is 0 Å². The first kappa shape index (κ1) is 39.9. The smallest absolute Gasteiger partial charge is 0.411 e. The van der Waals surface area contributed by atoms with Crippen LogP contribution in [0.1, 0.15) is 87.9 Å². The second-order valence-electron chi connectivity index (χ2n) is 12.9. The van der Waals surface area contributed by atoms with Gasteiger partial charge >= 0.3 is 24.0 Å².